The molecule has 2 atom stereocenters. The van der Waals surface area contributed by atoms with Gasteiger partial charge >= 0.3 is 0 Å². The Labute approximate surface area is 223 Å². The summed E-state index contributed by atoms with van der Waals surface area (Å²) in [4.78, 5) is 0. The molecule has 0 saturated carbocycles. The molecular formula is C36H33Si. The van der Waals surface area contributed by atoms with Crippen LogP contribution in [0, 0.1) is 5.92 Å². The highest BCUT2D eigenvalue weighted by molar-refractivity contribution is 6.91. The van der Waals surface area contributed by atoms with E-state index in [1.165, 1.54) is 49.3 Å². The Morgan fingerprint density at radius 3 is 1.76 bits per heavy atom. The second kappa shape index (κ2) is 9.65. The quantitative estimate of drug-likeness (QED) is 0.247. The summed E-state index contributed by atoms with van der Waals surface area (Å²) in [5, 5.41) is 4.59. The minimum atomic E-state index is -1.09. The number of allylic oxidation sites excluding steroid dienone is 5. The van der Waals surface area contributed by atoms with Crippen molar-refractivity contribution in [3.8, 4) is 11.1 Å². The van der Waals surface area contributed by atoms with E-state index in [2.05, 4.69) is 143 Å². The molecule has 0 saturated heterocycles. The second-order valence-electron chi connectivity index (χ2n) is 10.4. The summed E-state index contributed by atoms with van der Waals surface area (Å²) in [6.07, 6.45) is 2.45. The molecule has 1 radical (unpaired) electrons. The predicted octanol–water partition coefficient (Wildman–Crippen LogP) is 7.99. The Bertz CT molecular complexity index is 1500. The van der Waals surface area contributed by atoms with E-state index < -0.39 is 8.80 Å². The van der Waals surface area contributed by atoms with Gasteiger partial charge in [-0.2, -0.15) is 0 Å². The molecule has 0 amide bonds. The maximum atomic E-state index is 2.47. The molecule has 2 aliphatic rings. The van der Waals surface area contributed by atoms with Gasteiger partial charge in [0.1, 0.15) is 0 Å². The molecule has 0 spiro atoms. The number of hydrogen-bond donors (Lipinski definition) is 0. The first-order valence-corrected chi connectivity index (χ1v) is 14.8. The van der Waals surface area contributed by atoms with Crippen molar-refractivity contribution in [1.29, 1.82) is 0 Å². The summed E-state index contributed by atoms with van der Waals surface area (Å²) in [5.74, 6) is 0.755. The van der Waals surface area contributed by atoms with Gasteiger partial charge in [-0.3, -0.25) is 0 Å². The van der Waals surface area contributed by atoms with Crippen LogP contribution >= 0.6 is 0 Å². The highest BCUT2D eigenvalue weighted by atomic mass is 28.3. The van der Waals surface area contributed by atoms with Crippen LogP contribution in [0.1, 0.15) is 44.7 Å². The van der Waals surface area contributed by atoms with Crippen LogP contribution in [0.25, 0.3) is 17.2 Å². The molecule has 0 aromatic heterocycles. The first-order chi connectivity index (χ1) is 18.1. The molecule has 1 heteroatoms. The van der Waals surface area contributed by atoms with E-state index in [0.717, 1.165) is 0 Å². The molecule has 0 bridgehead atoms. The highest BCUT2D eigenvalue weighted by Gasteiger charge is 2.40. The summed E-state index contributed by atoms with van der Waals surface area (Å²) in [6, 6.07) is 40.1. The predicted molar refractivity (Wildman–Crippen MR) is 161 cm³/mol. The van der Waals surface area contributed by atoms with Crippen LogP contribution in [0.4, 0.5) is 0 Å². The molecule has 4 aromatic carbocycles. The molecule has 2 unspecified atom stereocenters. The molecule has 37 heavy (non-hydrogen) atoms. The maximum Gasteiger partial charge on any atom is 0.151 e. The first-order valence-electron chi connectivity index (χ1n) is 13.3. The topological polar surface area (TPSA) is 0 Å². The van der Waals surface area contributed by atoms with Crippen LogP contribution in [0.5, 0.6) is 0 Å². The van der Waals surface area contributed by atoms with Crippen LogP contribution < -0.4 is 10.4 Å². The fourth-order valence-corrected chi connectivity index (χ4v) is 9.77. The normalized spacial score (nSPS) is 19.0. The van der Waals surface area contributed by atoms with Gasteiger partial charge in [0.05, 0.1) is 0 Å². The van der Waals surface area contributed by atoms with Crippen LogP contribution in [0.2, 0.25) is 0 Å². The number of benzene rings is 4. The Morgan fingerprint density at radius 1 is 0.595 bits per heavy atom. The van der Waals surface area contributed by atoms with E-state index in [1.54, 1.807) is 10.8 Å². The first kappa shape index (κ1) is 23.7. The number of hydrogen-bond acceptors (Lipinski definition) is 0. The summed E-state index contributed by atoms with van der Waals surface area (Å²) in [7, 11) is -1.09. The van der Waals surface area contributed by atoms with Crippen LogP contribution in [-0.2, 0) is 0 Å². The van der Waals surface area contributed by atoms with Gasteiger partial charge in [-0.25, -0.2) is 0 Å². The molecule has 6 rings (SSSR count). The molecule has 4 aromatic rings. The molecule has 0 N–H and O–H groups in total. The van der Waals surface area contributed by atoms with Crippen LogP contribution in [0.15, 0.2) is 137 Å². The summed E-state index contributed by atoms with van der Waals surface area (Å²) in [6.45, 7) is 9.55. The fourth-order valence-electron chi connectivity index (χ4n) is 6.62. The van der Waals surface area contributed by atoms with E-state index in [1.807, 2.05) is 0 Å². The largest absolute Gasteiger partial charge is 0.151 e. The van der Waals surface area contributed by atoms with Crippen LogP contribution in [-0.4, -0.2) is 8.80 Å². The molecule has 0 nitrogen and oxygen atoms in total. The molecule has 2 aliphatic carbocycles. The van der Waals surface area contributed by atoms with Gasteiger partial charge in [0, 0.05) is 5.92 Å². The smallest absolute Gasteiger partial charge is 0.0627 e. The van der Waals surface area contributed by atoms with E-state index in [-0.39, 0.29) is 0 Å². The van der Waals surface area contributed by atoms with E-state index >= 15 is 0 Å². The fraction of sp³-hybridized carbons (Fsp3) is 0.167. The van der Waals surface area contributed by atoms with Crippen molar-refractivity contribution in [3.63, 3.8) is 0 Å². The standard InChI is InChI=1S/C36H33Si/c1-24-23-33-31(28-15-8-5-9-16-28)21-14-22-32(33)34(24)35-25(2)26(3)36(27(35)4)37(29-17-10-6-11-18-29)30-19-12-7-13-20-30/h5-23,27,34H,1-4H3. The Kier molecular flexibility index (Phi) is 6.18. The van der Waals surface area contributed by atoms with Gasteiger partial charge < -0.3 is 0 Å². The van der Waals surface area contributed by atoms with Gasteiger partial charge in [0.2, 0.25) is 0 Å². The van der Waals surface area contributed by atoms with Gasteiger partial charge in [0.15, 0.2) is 8.80 Å². The zero-order valence-corrected chi connectivity index (χ0v) is 23.1. The third kappa shape index (κ3) is 3.99. The highest BCUT2D eigenvalue weighted by Crippen LogP contribution is 2.52. The zero-order valence-electron chi connectivity index (χ0n) is 22.1. The third-order valence-electron chi connectivity index (χ3n) is 8.37. The zero-order chi connectivity index (χ0) is 25.5. The summed E-state index contributed by atoms with van der Waals surface area (Å²) in [5.41, 5.74) is 11.5. The monoisotopic (exact) mass is 493 g/mol. The lowest BCUT2D eigenvalue weighted by atomic mass is 9.81. The van der Waals surface area contributed by atoms with Crippen molar-refractivity contribution in [2.75, 3.05) is 0 Å². The third-order valence-corrected chi connectivity index (χ3v) is 11.5. The summed E-state index contributed by atoms with van der Waals surface area (Å²) < 4.78 is 0. The summed E-state index contributed by atoms with van der Waals surface area (Å²) >= 11 is 0. The lowest BCUT2D eigenvalue weighted by Crippen LogP contribution is -2.45. The van der Waals surface area contributed by atoms with Gasteiger partial charge in [-0.15, -0.1) is 0 Å². The molecule has 0 aliphatic heterocycles. The lowest BCUT2D eigenvalue weighted by Gasteiger charge is -2.27. The minimum absolute atomic E-state index is 0.343. The number of fused-ring (bicyclic) bond motifs is 1. The van der Waals surface area contributed by atoms with Crippen LogP contribution in [0.3, 0.4) is 0 Å². The van der Waals surface area contributed by atoms with Crippen molar-refractivity contribution in [2.24, 2.45) is 5.92 Å². The SMILES string of the molecule is CC1=Cc2c(-c3ccccc3)cccc2C1C1=C(C)C(C)=C([Si](c2ccccc2)c2ccccc2)C1C. The van der Waals surface area contributed by atoms with Crippen molar-refractivity contribution in [2.45, 2.75) is 33.6 Å². The molecule has 0 heterocycles. The van der Waals surface area contributed by atoms with Crippen molar-refractivity contribution in [1.82, 2.24) is 0 Å². The molecule has 0 fully saturated rings. The molecular weight excluding hydrogens is 460 g/mol. The molecule has 181 valence electrons. The lowest BCUT2D eigenvalue weighted by molar-refractivity contribution is 0.758. The Hall–Kier alpha value is -3.68. The average Bonchev–Trinajstić information content (AvgIpc) is 3.38. The maximum absolute atomic E-state index is 2.47. The number of rotatable bonds is 5. The van der Waals surface area contributed by atoms with Gasteiger partial charge in [-0.05, 0) is 60.1 Å². The van der Waals surface area contributed by atoms with Gasteiger partial charge in [0.25, 0.3) is 0 Å². The van der Waals surface area contributed by atoms with Gasteiger partial charge in [-0.1, -0.05) is 149 Å². The second-order valence-corrected chi connectivity index (χ2v) is 12.9. The van der Waals surface area contributed by atoms with Crippen molar-refractivity contribution >= 4 is 25.2 Å². The van der Waals surface area contributed by atoms with Crippen molar-refractivity contribution in [3.05, 3.63) is 148 Å². The average molecular weight is 494 g/mol. The minimum Gasteiger partial charge on any atom is -0.0627 e. The van der Waals surface area contributed by atoms with E-state index in [0.29, 0.717) is 11.8 Å². The van der Waals surface area contributed by atoms with E-state index in [9.17, 15) is 0 Å². The Morgan fingerprint density at radius 2 is 1.16 bits per heavy atom. The van der Waals surface area contributed by atoms with Crippen molar-refractivity contribution < 1.29 is 0 Å². The van der Waals surface area contributed by atoms with E-state index in [4.69, 9.17) is 0 Å². The Balaban J connectivity index is 1.45.